The van der Waals surface area contributed by atoms with Gasteiger partial charge in [0, 0.05) is 47.8 Å². The number of carbonyl (C=O) groups is 4. The summed E-state index contributed by atoms with van der Waals surface area (Å²) in [5.41, 5.74) is 4.82. The predicted octanol–water partition coefficient (Wildman–Crippen LogP) is 9.66. The molecule has 0 saturated heterocycles. The second kappa shape index (κ2) is 19.5. The van der Waals surface area contributed by atoms with E-state index in [1.165, 1.54) is 22.7 Å². The highest BCUT2D eigenvalue weighted by Crippen LogP contribution is 2.49. The molecule has 10 nitrogen and oxygen atoms in total. The number of esters is 4. The molecule has 0 aliphatic carbocycles. The molecule has 0 aliphatic rings. The number of hydrogen-bond acceptors (Lipinski definition) is 12. The van der Waals surface area contributed by atoms with Gasteiger partial charge in [-0.3, -0.25) is 0 Å². The molecule has 2 aromatic heterocycles. The number of rotatable bonds is 17. The van der Waals surface area contributed by atoms with Crippen LogP contribution in [-0.4, -0.2) is 62.5 Å². The lowest BCUT2D eigenvalue weighted by Gasteiger charge is -2.24. The first-order valence-electron chi connectivity index (χ1n) is 15.9. The molecule has 0 radical (unpaired) electrons. The van der Waals surface area contributed by atoms with E-state index in [2.05, 4.69) is 60.9 Å². The number of aryl methyl sites for hydroxylation is 1. The van der Waals surface area contributed by atoms with Crippen LogP contribution < -0.4 is 9.47 Å². The minimum Gasteiger partial charge on any atom is -0.489 e. The first-order chi connectivity index (χ1) is 25.3. The molecule has 0 amide bonds. The van der Waals surface area contributed by atoms with Gasteiger partial charge in [-0.25, -0.2) is 19.2 Å². The summed E-state index contributed by atoms with van der Waals surface area (Å²) in [6, 6.07) is 8.74. The van der Waals surface area contributed by atoms with Gasteiger partial charge in [0.15, 0.2) is 12.2 Å². The van der Waals surface area contributed by atoms with Crippen molar-refractivity contribution in [2.24, 2.45) is 0 Å². The van der Waals surface area contributed by atoms with Crippen LogP contribution in [0.2, 0.25) is 0 Å². The van der Waals surface area contributed by atoms with Gasteiger partial charge in [0.05, 0.1) is 0 Å². The van der Waals surface area contributed by atoms with Crippen LogP contribution >= 0.6 is 70.5 Å². The average molecular weight is 956 g/mol. The topological polar surface area (TPSA) is 124 Å². The van der Waals surface area contributed by atoms with E-state index in [1.807, 2.05) is 33.8 Å². The molecule has 280 valence electrons. The minimum absolute atomic E-state index is 0.0804. The molecule has 2 unspecified atom stereocenters. The van der Waals surface area contributed by atoms with Crippen LogP contribution in [0.5, 0.6) is 11.5 Å². The van der Waals surface area contributed by atoms with E-state index in [0.717, 1.165) is 59.0 Å². The van der Waals surface area contributed by atoms with Gasteiger partial charge >= 0.3 is 23.9 Å². The Morgan fingerprint density at radius 2 is 1.19 bits per heavy atom. The lowest BCUT2D eigenvalue weighted by Crippen LogP contribution is -2.31. The SMILES string of the molecule is C=CC(=O)OCC(COc1c(C)cc(-c2c(Br)c(C)c(OCC(COC(=O)c3cccs3)OC(=O)C=C)c(C)c2Br)c(Br)c1C)OC(=O)c1cccs1. The fourth-order valence-corrected chi connectivity index (χ4v) is 8.19. The van der Waals surface area contributed by atoms with Gasteiger partial charge in [0.1, 0.15) is 47.7 Å². The minimum atomic E-state index is -0.903. The third-order valence-electron chi connectivity index (χ3n) is 7.65. The maximum Gasteiger partial charge on any atom is 0.348 e. The zero-order valence-corrected chi connectivity index (χ0v) is 35.5. The molecule has 2 aromatic carbocycles. The molecule has 0 saturated carbocycles. The Kier molecular flexibility index (Phi) is 15.5. The van der Waals surface area contributed by atoms with E-state index in [1.54, 1.807) is 35.0 Å². The lowest BCUT2D eigenvalue weighted by atomic mass is 9.96. The fourth-order valence-electron chi connectivity index (χ4n) is 5.02. The first kappa shape index (κ1) is 42.0. The van der Waals surface area contributed by atoms with E-state index in [9.17, 15) is 19.2 Å². The third-order valence-corrected chi connectivity index (χ3v) is 12.4. The summed E-state index contributed by atoms with van der Waals surface area (Å²) < 4.78 is 36.3. The average Bonchev–Trinajstić information content (AvgIpc) is 3.89. The molecule has 0 bridgehead atoms. The molecular formula is C38H35Br3O10S2. The zero-order chi connectivity index (χ0) is 38.8. The Morgan fingerprint density at radius 3 is 1.74 bits per heavy atom. The number of benzene rings is 2. The fraction of sp³-hybridized carbons (Fsp3) is 0.263. The lowest BCUT2D eigenvalue weighted by molar-refractivity contribution is -0.147. The summed E-state index contributed by atoms with van der Waals surface area (Å²) >= 11 is 13.8. The molecule has 4 aromatic rings. The van der Waals surface area contributed by atoms with Crippen molar-refractivity contribution in [2.75, 3.05) is 26.4 Å². The van der Waals surface area contributed by atoms with Crippen LogP contribution in [0.1, 0.15) is 41.6 Å². The Labute approximate surface area is 340 Å². The van der Waals surface area contributed by atoms with Gasteiger partial charge in [0.25, 0.3) is 0 Å². The standard InChI is InChI=1S/C38H35Br3O10S2/c1-7-29(42)46-16-25(51-38(45)28-12-10-14-53-28)18-47-35-20(3)15-26(32(39)21(35)4)31-33(40)22(5)36(23(6)34(31)41)48-17-24(50-30(43)8-2)19-49-37(44)27-11-9-13-52-27/h7-15,24-25H,1-2,16-19H2,3-6H3. The second-order valence-corrected chi connectivity index (χ2v) is 15.7. The molecular weight excluding hydrogens is 920 g/mol. The van der Waals surface area contributed by atoms with Crippen molar-refractivity contribution in [1.29, 1.82) is 0 Å². The molecule has 0 fully saturated rings. The van der Waals surface area contributed by atoms with Crippen molar-refractivity contribution in [2.45, 2.75) is 39.9 Å². The highest BCUT2D eigenvalue weighted by molar-refractivity contribution is 9.11. The van der Waals surface area contributed by atoms with Gasteiger partial charge in [-0.1, -0.05) is 25.3 Å². The summed E-state index contributed by atoms with van der Waals surface area (Å²) in [6.45, 7) is 13.8. The van der Waals surface area contributed by atoms with Gasteiger partial charge in [-0.2, -0.15) is 0 Å². The van der Waals surface area contributed by atoms with Crippen molar-refractivity contribution in [1.82, 2.24) is 0 Å². The van der Waals surface area contributed by atoms with Crippen LogP contribution in [0.25, 0.3) is 11.1 Å². The van der Waals surface area contributed by atoms with Crippen LogP contribution in [0.15, 0.2) is 79.8 Å². The number of hydrogen-bond donors (Lipinski definition) is 0. The van der Waals surface area contributed by atoms with Gasteiger partial charge in [-0.15, -0.1) is 22.7 Å². The largest absolute Gasteiger partial charge is 0.489 e. The molecule has 0 aliphatic heterocycles. The highest BCUT2D eigenvalue weighted by Gasteiger charge is 2.26. The van der Waals surface area contributed by atoms with E-state index in [-0.39, 0.29) is 26.4 Å². The normalized spacial score (nSPS) is 11.9. The molecule has 4 rings (SSSR count). The maximum absolute atomic E-state index is 12.7. The summed E-state index contributed by atoms with van der Waals surface area (Å²) in [6.07, 6.45) is 0.275. The Hall–Kier alpha value is -3.76. The maximum atomic E-state index is 12.7. The van der Waals surface area contributed by atoms with Crippen molar-refractivity contribution in [3.05, 3.63) is 112 Å². The summed E-state index contributed by atoms with van der Waals surface area (Å²) in [7, 11) is 0. The number of halogens is 3. The van der Waals surface area contributed by atoms with Crippen molar-refractivity contribution < 1.29 is 47.6 Å². The molecule has 15 heteroatoms. The molecule has 2 atom stereocenters. The van der Waals surface area contributed by atoms with E-state index < -0.39 is 36.1 Å². The van der Waals surface area contributed by atoms with E-state index >= 15 is 0 Å². The molecule has 2 heterocycles. The highest BCUT2D eigenvalue weighted by atomic mass is 79.9. The van der Waals surface area contributed by atoms with Crippen LogP contribution in [0, 0.1) is 27.7 Å². The Morgan fingerprint density at radius 1 is 0.679 bits per heavy atom. The van der Waals surface area contributed by atoms with Crippen LogP contribution in [0.4, 0.5) is 0 Å². The van der Waals surface area contributed by atoms with E-state index in [4.69, 9.17) is 28.4 Å². The Bertz CT molecular complexity index is 1960. The first-order valence-corrected chi connectivity index (χ1v) is 20.0. The molecule has 0 spiro atoms. The number of carbonyl (C=O) groups excluding carboxylic acids is 4. The van der Waals surface area contributed by atoms with Gasteiger partial charge < -0.3 is 28.4 Å². The predicted molar refractivity (Wildman–Crippen MR) is 214 cm³/mol. The summed E-state index contributed by atoms with van der Waals surface area (Å²) in [5.74, 6) is -1.29. The number of ether oxygens (including phenoxy) is 6. The third kappa shape index (κ3) is 10.7. The van der Waals surface area contributed by atoms with Crippen LogP contribution in [-0.2, 0) is 28.5 Å². The smallest absolute Gasteiger partial charge is 0.348 e. The molecule has 0 N–H and O–H groups in total. The van der Waals surface area contributed by atoms with Crippen LogP contribution in [0.3, 0.4) is 0 Å². The van der Waals surface area contributed by atoms with Crippen molar-refractivity contribution in [3.63, 3.8) is 0 Å². The van der Waals surface area contributed by atoms with E-state index in [0.29, 0.717) is 21.3 Å². The molecule has 53 heavy (non-hydrogen) atoms. The summed E-state index contributed by atoms with van der Waals surface area (Å²) in [5, 5.41) is 3.53. The monoisotopic (exact) mass is 952 g/mol. The van der Waals surface area contributed by atoms with Crippen molar-refractivity contribution in [3.8, 4) is 22.6 Å². The zero-order valence-electron chi connectivity index (χ0n) is 29.1. The van der Waals surface area contributed by atoms with Crippen molar-refractivity contribution >= 4 is 94.3 Å². The van der Waals surface area contributed by atoms with Gasteiger partial charge in [0.2, 0.25) is 0 Å². The quantitative estimate of drug-likeness (QED) is 0.0575. The summed E-state index contributed by atoms with van der Waals surface area (Å²) in [4.78, 5) is 49.8. The van der Waals surface area contributed by atoms with Gasteiger partial charge in [-0.05, 0) is 116 Å². The number of thiophene rings is 2. The Balaban J connectivity index is 1.56. The second-order valence-electron chi connectivity index (χ2n) is 11.4.